The maximum Gasteiger partial charge on any atom is 0.0364 e. The number of anilines is 2. The number of nitrogens with zero attached hydrogens (tertiary/aromatic N) is 2. The molecule has 0 spiro atoms. The van der Waals surface area contributed by atoms with E-state index < -0.39 is 0 Å². The highest BCUT2D eigenvalue weighted by Crippen LogP contribution is 2.14. The summed E-state index contributed by atoms with van der Waals surface area (Å²) in [5, 5.41) is 0. The zero-order valence-electron chi connectivity index (χ0n) is 12.0. The van der Waals surface area contributed by atoms with Crippen LogP contribution in [0.5, 0.6) is 0 Å². The molecular weight excluding hydrogens is 232 g/mol. The van der Waals surface area contributed by atoms with E-state index in [1.807, 2.05) is 0 Å². The smallest absolute Gasteiger partial charge is 0.0364 e. The number of benzene rings is 2. The molecule has 2 aromatic carbocycles. The van der Waals surface area contributed by atoms with E-state index in [1.54, 1.807) is 0 Å². The minimum absolute atomic E-state index is 1.01. The fraction of sp³-hybridized carbons (Fsp3) is 0.294. The number of hydrogen-bond acceptors (Lipinski definition) is 2. The van der Waals surface area contributed by atoms with Gasteiger partial charge in [0.2, 0.25) is 0 Å². The van der Waals surface area contributed by atoms with E-state index in [0.717, 1.165) is 13.1 Å². The zero-order valence-corrected chi connectivity index (χ0v) is 12.0. The maximum absolute atomic E-state index is 2.29. The normalized spacial score (nSPS) is 10.3. The van der Waals surface area contributed by atoms with Gasteiger partial charge in [0.1, 0.15) is 0 Å². The second-order valence-corrected chi connectivity index (χ2v) is 5.01. The van der Waals surface area contributed by atoms with Gasteiger partial charge in [-0.15, -0.1) is 0 Å². The van der Waals surface area contributed by atoms with Crippen molar-refractivity contribution in [3.8, 4) is 0 Å². The number of aryl methyl sites for hydroxylation is 1. The average molecular weight is 254 g/mol. The van der Waals surface area contributed by atoms with Crippen LogP contribution in [0.15, 0.2) is 54.6 Å². The first kappa shape index (κ1) is 13.5. The summed E-state index contributed by atoms with van der Waals surface area (Å²) in [5.74, 6) is 0. The van der Waals surface area contributed by atoms with Crippen LogP contribution in [0, 0.1) is 6.92 Å². The van der Waals surface area contributed by atoms with Crippen molar-refractivity contribution >= 4 is 11.4 Å². The fourth-order valence-corrected chi connectivity index (χ4v) is 2.04. The Morgan fingerprint density at radius 2 is 1.16 bits per heavy atom. The first-order valence-corrected chi connectivity index (χ1v) is 6.71. The lowest BCUT2D eigenvalue weighted by atomic mass is 10.2. The third-order valence-electron chi connectivity index (χ3n) is 3.44. The number of likely N-dealkylation sites (N-methyl/N-ethyl adjacent to an activating group) is 2. The fourth-order valence-electron chi connectivity index (χ4n) is 2.04. The second-order valence-electron chi connectivity index (χ2n) is 5.01. The molecule has 0 atom stereocenters. The molecule has 2 rings (SSSR count). The summed E-state index contributed by atoms with van der Waals surface area (Å²) in [6.45, 7) is 4.13. The highest BCUT2D eigenvalue weighted by molar-refractivity contribution is 5.48. The Morgan fingerprint density at radius 1 is 0.684 bits per heavy atom. The Balaban J connectivity index is 1.90. The first-order chi connectivity index (χ1) is 9.16. The van der Waals surface area contributed by atoms with Crippen LogP contribution in [-0.2, 0) is 0 Å². The van der Waals surface area contributed by atoms with Crippen molar-refractivity contribution < 1.29 is 0 Å². The van der Waals surface area contributed by atoms with E-state index in [9.17, 15) is 0 Å². The summed E-state index contributed by atoms with van der Waals surface area (Å²) in [6.07, 6.45) is 0. The van der Waals surface area contributed by atoms with Crippen molar-refractivity contribution in [2.24, 2.45) is 0 Å². The molecule has 0 unspecified atom stereocenters. The molecule has 100 valence electrons. The molecule has 0 heterocycles. The largest absolute Gasteiger partial charge is 0.373 e. The molecule has 0 radical (unpaired) electrons. The summed E-state index contributed by atoms with van der Waals surface area (Å²) in [7, 11) is 4.28. The van der Waals surface area contributed by atoms with Crippen molar-refractivity contribution in [2.75, 3.05) is 37.0 Å². The van der Waals surface area contributed by atoms with Gasteiger partial charge in [-0.05, 0) is 31.2 Å². The molecule has 2 heteroatoms. The summed E-state index contributed by atoms with van der Waals surface area (Å²) < 4.78 is 0. The molecule has 0 aliphatic carbocycles. The summed E-state index contributed by atoms with van der Waals surface area (Å²) >= 11 is 0. The lowest BCUT2D eigenvalue weighted by Crippen LogP contribution is -2.30. The van der Waals surface area contributed by atoms with Gasteiger partial charge in [0.25, 0.3) is 0 Å². The lowest BCUT2D eigenvalue weighted by molar-refractivity contribution is 0.833. The topological polar surface area (TPSA) is 6.48 Å². The molecule has 19 heavy (non-hydrogen) atoms. The molecule has 0 aromatic heterocycles. The molecular formula is C17H22N2. The van der Waals surface area contributed by atoms with Crippen molar-refractivity contribution in [2.45, 2.75) is 6.92 Å². The molecule has 0 aliphatic rings. The SMILES string of the molecule is Cc1ccc(N(C)CCN(C)c2ccccc2)cc1. The minimum Gasteiger partial charge on any atom is -0.373 e. The Hall–Kier alpha value is -1.96. The first-order valence-electron chi connectivity index (χ1n) is 6.71. The van der Waals surface area contributed by atoms with Crippen molar-refractivity contribution in [3.05, 3.63) is 60.2 Å². The van der Waals surface area contributed by atoms with Gasteiger partial charge in [0.15, 0.2) is 0 Å². The van der Waals surface area contributed by atoms with Crippen LogP contribution in [-0.4, -0.2) is 27.2 Å². The summed E-state index contributed by atoms with van der Waals surface area (Å²) in [5.41, 5.74) is 3.84. The standard InChI is InChI=1S/C17H22N2/c1-15-9-11-17(12-10-15)19(3)14-13-18(2)16-7-5-4-6-8-16/h4-12H,13-14H2,1-3H3. The molecule has 0 N–H and O–H groups in total. The van der Waals surface area contributed by atoms with Crippen molar-refractivity contribution in [1.82, 2.24) is 0 Å². The molecule has 2 aromatic rings. The van der Waals surface area contributed by atoms with Crippen molar-refractivity contribution in [3.63, 3.8) is 0 Å². The molecule has 0 saturated heterocycles. The van der Waals surface area contributed by atoms with Crippen LogP contribution in [0.3, 0.4) is 0 Å². The van der Waals surface area contributed by atoms with Crippen LogP contribution in [0.2, 0.25) is 0 Å². The Labute approximate surface area is 116 Å². The second kappa shape index (κ2) is 6.28. The average Bonchev–Trinajstić information content (AvgIpc) is 2.46. The Bertz CT molecular complexity index is 490. The highest BCUT2D eigenvalue weighted by atomic mass is 15.2. The van der Waals surface area contributed by atoms with Gasteiger partial charge in [-0.3, -0.25) is 0 Å². The predicted octanol–water partition coefficient (Wildman–Crippen LogP) is 3.57. The monoisotopic (exact) mass is 254 g/mol. The number of hydrogen-bond donors (Lipinski definition) is 0. The van der Waals surface area contributed by atoms with Crippen LogP contribution >= 0.6 is 0 Å². The van der Waals surface area contributed by atoms with Crippen LogP contribution in [0.25, 0.3) is 0 Å². The van der Waals surface area contributed by atoms with Gasteiger partial charge in [-0.1, -0.05) is 35.9 Å². The van der Waals surface area contributed by atoms with Gasteiger partial charge in [-0.25, -0.2) is 0 Å². The summed E-state index contributed by atoms with van der Waals surface area (Å²) in [4.78, 5) is 4.57. The third-order valence-corrected chi connectivity index (χ3v) is 3.44. The molecule has 0 aliphatic heterocycles. The van der Waals surface area contributed by atoms with Crippen LogP contribution < -0.4 is 9.80 Å². The highest BCUT2D eigenvalue weighted by Gasteiger charge is 2.03. The maximum atomic E-state index is 2.29. The van der Waals surface area contributed by atoms with Gasteiger partial charge < -0.3 is 9.80 Å². The van der Waals surface area contributed by atoms with Gasteiger partial charge in [0, 0.05) is 38.6 Å². The van der Waals surface area contributed by atoms with Gasteiger partial charge in [-0.2, -0.15) is 0 Å². The number of para-hydroxylation sites is 1. The predicted molar refractivity (Wildman–Crippen MR) is 84.2 cm³/mol. The molecule has 0 bridgehead atoms. The Morgan fingerprint density at radius 3 is 1.68 bits per heavy atom. The Kier molecular flexibility index (Phi) is 4.45. The van der Waals surface area contributed by atoms with E-state index in [1.165, 1.54) is 16.9 Å². The third kappa shape index (κ3) is 3.75. The van der Waals surface area contributed by atoms with E-state index in [0.29, 0.717) is 0 Å². The number of rotatable bonds is 5. The molecule has 0 saturated carbocycles. The minimum atomic E-state index is 1.01. The van der Waals surface area contributed by atoms with Crippen molar-refractivity contribution in [1.29, 1.82) is 0 Å². The molecule has 2 nitrogen and oxygen atoms in total. The molecule has 0 amide bonds. The summed E-state index contributed by atoms with van der Waals surface area (Å²) in [6, 6.07) is 19.2. The quantitative estimate of drug-likeness (QED) is 0.805. The van der Waals surface area contributed by atoms with Gasteiger partial charge >= 0.3 is 0 Å². The van der Waals surface area contributed by atoms with E-state index >= 15 is 0 Å². The van der Waals surface area contributed by atoms with E-state index in [4.69, 9.17) is 0 Å². The van der Waals surface area contributed by atoms with Crippen LogP contribution in [0.1, 0.15) is 5.56 Å². The van der Waals surface area contributed by atoms with Gasteiger partial charge in [0.05, 0.1) is 0 Å². The molecule has 0 fully saturated rings. The van der Waals surface area contributed by atoms with E-state index in [-0.39, 0.29) is 0 Å². The van der Waals surface area contributed by atoms with Crippen LogP contribution in [0.4, 0.5) is 11.4 Å². The lowest BCUT2D eigenvalue weighted by Gasteiger charge is -2.25. The van der Waals surface area contributed by atoms with E-state index in [2.05, 4.69) is 85.4 Å². The zero-order chi connectivity index (χ0) is 13.7.